The summed E-state index contributed by atoms with van der Waals surface area (Å²) in [6.45, 7) is 6.96. The van der Waals surface area contributed by atoms with Gasteiger partial charge in [-0.3, -0.25) is 4.21 Å². The van der Waals surface area contributed by atoms with Crippen molar-refractivity contribution in [3.63, 3.8) is 0 Å². The molecule has 0 amide bonds. The van der Waals surface area contributed by atoms with Crippen molar-refractivity contribution >= 4 is 17.0 Å². The fourth-order valence-electron chi connectivity index (χ4n) is 2.09. The minimum atomic E-state index is -0.979. The standard InChI is InChI=1S/C19H27NO4S/c1-5-6-10-23-18-14-16(2)19(17(3)15-18)24-11-7-8-12-25(21)13-9-20-22-4/h5-9,14-15H,10-13H2,1-4H3/b6-5+,8-7+,20-9?. The largest absolute Gasteiger partial charge is 0.490 e. The number of hydrogen-bond acceptors (Lipinski definition) is 5. The molecule has 0 bridgehead atoms. The molecule has 0 saturated carbocycles. The predicted molar refractivity (Wildman–Crippen MR) is 104 cm³/mol. The molecule has 1 rings (SSSR count). The van der Waals surface area contributed by atoms with Crippen molar-refractivity contribution in [2.24, 2.45) is 5.16 Å². The third kappa shape index (κ3) is 8.54. The molecule has 0 heterocycles. The van der Waals surface area contributed by atoms with Crippen LogP contribution in [0.3, 0.4) is 0 Å². The highest BCUT2D eigenvalue weighted by Crippen LogP contribution is 2.28. The summed E-state index contributed by atoms with van der Waals surface area (Å²) < 4.78 is 23.1. The maximum atomic E-state index is 11.7. The molecule has 5 nitrogen and oxygen atoms in total. The number of allylic oxidation sites excluding steroid dienone is 1. The highest BCUT2D eigenvalue weighted by atomic mass is 32.2. The third-order valence-electron chi connectivity index (χ3n) is 3.23. The Hall–Kier alpha value is -2.08. The Kier molecular flexibility index (Phi) is 10.3. The van der Waals surface area contributed by atoms with Crippen LogP contribution >= 0.6 is 0 Å². The second-order valence-electron chi connectivity index (χ2n) is 5.29. The molecule has 0 saturated heterocycles. The lowest BCUT2D eigenvalue weighted by molar-refractivity contribution is 0.215. The van der Waals surface area contributed by atoms with Crippen LogP contribution in [0.5, 0.6) is 11.5 Å². The molecule has 0 fully saturated rings. The van der Waals surface area contributed by atoms with E-state index in [1.54, 1.807) is 0 Å². The van der Waals surface area contributed by atoms with Crippen molar-refractivity contribution in [2.45, 2.75) is 20.8 Å². The van der Waals surface area contributed by atoms with Gasteiger partial charge < -0.3 is 14.3 Å². The minimum Gasteiger partial charge on any atom is -0.490 e. The zero-order valence-corrected chi connectivity index (χ0v) is 16.2. The molecular weight excluding hydrogens is 338 g/mol. The highest BCUT2D eigenvalue weighted by molar-refractivity contribution is 7.85. The monoisotopic (exact) mass is 365 g/mol. The Morgan fingerprint density at radius 3 is 2.36 bits per heavy atom. The first-order valence-corrected chi connectivity index (χ1v) is 9.60. The van der Waals surface area contributed by atoms with E-state index in [0.717, 1.165) is 22.6 Å². The minimum absolute atomic E-state index is 0.381. The van der Waals surface area contributed by atoms with Crippen LogP contribution < -0.4 is 9.47 Å². The molecule has 25 heavy (non-hydrogen) atoms. The van der Waals surface area contributed by atoms with Crippen LogP contribution in [0.4, 0.5) is 0 Å². The van der Waals surface area contributed by atoms with Gasteiger partial charge in [-0.1, -0.05) is 29.5 Å². The summed E-state index contributed by atoms with van der Waals surface area (Å²) in [6.07, 6.45) is 9.16. The Bertz CT molecular complexity index is 615. The number of nitrogens with zero attached hydrogens (tertiary/aromatic N) is 1. The van der Waals surface area contributed by atoms with E-state index in [2.05, 4.69) is 9.99 Å². The van der Waals surface area contributed by atoms with Crippen molar-refractivity contribution < 1.29 is 18.5 Å². The SMILES string of the molecule is C/C=C/COc1cc(C)c(OC/C=C/CS(=O)CC=NOC)c(C)c1. The first-order valence-electron chi connectivity index (χ1n) is 8.11. The molecule has 6 heteroatoms. The van der Waals surface area contributed by atoms with Gasteiger partial charge in [0, 0.05) is 16.6 Å². The Balaban J connectivity index is 2.47. The molecule has 1 atom stereocenters. The molecule has 1 aromatic carbocycles. The second kappa shape index (κ2) is 12.3. The fraction of sp³-hybridized carbons (Fsp3) is 0.421. The molecule has 138 valence electrons. The average Bonchev–Trinajstić information content (AvgIpc) is 2.57. The van der Waals surface area contributed by atoms with Gasteiger partial charge in [0.2, 0.25) is 0 Å². The van der Waals surface area contributed by atoms with Gasteiger partial charge in [-0.2, -0.15) is 0 Å². The third-order valence-corrected chi connectivity index (χ3v) is 4.31. The van der Waals surface area contributed by atoms with Crippen LogP contribution in [0, 0.1) is 13.8 Å². The Morgan fingerprint density at radius 2 is 1.72 bits per heavy atom. The van der Waals surface area contributed by atoms with E-state index in [1.165, 1.54) is 13.3 Å². The van der Waals surface area contributed by atoms with Crippen molar-refractivity contribution in [1.29, 1.82) is 0 Å². The number of benzene rings is 1. The summed E-state index contributed by atoms with van der Waals surface area (Å²) >= 11 is 0. The fourth-order valence-corrected chi connectivity index (χ4v) is 2.81. The normalized spacial score (nSPS) is 13.0. The van der Waals surface area contributed by atoms with Crippen LogP contribution in [0.2, 0.25) is 0 Å². The number of oxime groups is 1. The van der Waals surface area contributed by atoms with Gasteiger partial charge in [0.1, 0.15) is 31.8 Å². The second-order valence-corrected chi connectivity index (χ2v) is 6.84. The molecule has 0 spiro atoms. The molecule has 0 aliphatic rings. The summed E-state index contributed by atoms with van der Waals surface area (Å²) in [6, 6.07) is 3.94. The Labute approximate surface area is 152 Å². The molecule has 0 aliphatic heterocycles. The van der Waals surface area contributed by atoms with Gasteiger partial charge >= 0.3 is 0 Å². The lowest BCUT2D eigenvalue weighted by atomic mass is 10.1. The van der Waals surface area contributed by atoms with Gasteiger partial charge in [0.15, 0.2) is 0 Å². The summed E-state index contributed by atoms with van der Waals surface area (Å²) in [5.41, 5.74) is 2.06. The maximum absolute atomic E-state index is 11.7. The predicted octanol–water partition coefficient (Wildman–Crippen LogP) is 3.57. The summed E-state index contributed by atoms with van der Waals surface area (Å²) in [5, 5.41) is 3.56. The quantitative estimate of drug-likeness (QED) is 0.342. The summed E-state index contributed by atoms with van der Waals surface area (Å²) in [4.78, 5) is 4.53. The van der Waals surface area contributed by atoms with Crippen molar-refractivity contribution in [1.82, 2.24) is 0 Å². The van der Waals surface area contributed by atoms with E-state index in [9.17, 15) is 4.21 Å². The van der Waals surface area contributed by atoms with Crippen LogP contribution in [0.25, 0.3) is 0 Å². The average molecular weight is 365 g/mol. The van der Waals surface area contributed by atoms with E-state index in [0.29, 0.717) is 24.7 Å². The lowest BCUT2D eigenvalue weighted by Crippen LogP contribution is -2.03. The number of hydrogen-bond donors (Lipinski definition) is 0. The van der Waals surface area contributed by atoms with Gasteiger partial charge in [0.25, 0.3) is 0 Å². The summed E-state index contributed by atoms with van der Waals surface area (Å²) in [7, 11) is 0.481. The molecular formula is C19H27NO4S. The number of rotatable bonds is 11. The highest BCUT2D eigenvalue weighted by Gasteiger charge is 2.06. The van der Waals surface area contributed by atoms with Crippen LogP contribution in [0.1, 0.15) is 18.1 Å². The number of aryl methyl sites for hydroxylation is 2. The first-order chi connectivity index (χ1) is 12.1. The molecule has 0 aromatic heterocycles. The zero-order chi connectivity index (χ0) is 18.5. The van der Waals surface area contributed by atoms with E-state index < -0.39 is 10.8 Å². The van der Waals surface area contributed by atoms with Crippen molar-refractivity contribution in [2.75, 3.05) is 31.8 Å². The zero-order valence-electron chi connectivity index (χ0n) is 15.4. The van der Waals surface area contributed by atoms with Crippen LogP contribution in [-0.4, -0.2) is 42.3 Å². The molecule has 1 aromatic rings. The van der Waals surface area contributed by atoms with E-state index in [1.807, 2.05) is 57.2 Å². The smallest absolute Gasteiger partial charge is 0.125 e. The molecule has 0 aliphatic carbocycles. The van der Waals surface area contributed by atoms with Gasteiger partial charge in [-0.15, -0.1) is 0 Å². The van der Waals surface area contributed by atoms with Crippen molar-refractivity contribution in [3.8, 4) is 11.5 Å². The lowest BCUT2D eigenvalue weighted by Gasteiger charge is -2.13. The van der Waals surface area contributed by atoms with Gasteiger partial charge in [-0.05, 0) is 44.0 Å². The maximum Gasteiger partial charge on any atom is 0.125 e. The number of ether oxygens (including phenoxy) is 2. The van der Waals surface area contributed by atoms with E-state index >= 15 is 0 Å². The molecule has 0 radical (unpaired) electrons. The van der Waals surface area contributed by atoms with Crippen molar-refractivity contribution in [3.05, 3.63) is 47.6 Å². The van der Waals surface area contributed by atoms with E-state index in [4.69, 9.17) is 9.47 Å². The topological polar surface area (TPSA) is 57.1 Å². The molecule has 0 N–H and O–H groups in total. The van der Waals surface area contributed by atoms with E-state index in [-0.39, 0.29) is 0 Å². The first kappa shape index (κ1) is 21.0. The Morgan fingerprint density at radius 1 is 1.04 bits per heavy atom. The van der Waals surface area contributed by atoms with Gasteiger partial charge in [-0.25, -0.2) is 0 Å². The van der Waals surface area contributed by atoms with Crippen LogP contribution in [0.15, 0.2) is 41.6 Å². The van der Waals surface area contributed by atoms with Gasteiger partial charge in [0.05, 0.1) is 12.0 Å². The summed E-state index contributed by atoms with van der Waals surface area (Å²) in [5.74, 6) is 2.54. The molecule has 1 unspecified atom stereocenters. The van der Waals surface area contributed by atoms with Crippen LogP contribution in [-0.2, 0) is 15.6 Å².